The highest BCUT2D eigenvalue weighted by atomic mass is 16.2. The second kappa shape index (κ2) is 8.85. The van der Waals surface area contributed by atoms with E-state index in [1.807, 2.05) is 67.1 Å². The van der Waals surface area contributed by atoms with Crippen LogP contribution in [0.4, 0.5) is 5.82 Å². The van der Waals surface area contributed by atoms with Crippen molar-refractivity contribution in [1.29, 1.82) is 0 Å². The maximum atomic E-state index is 13.5. The Labute approximate surface area is 194 Å². The summed E-state index contributed by atoms with van der Waals surface area (Å²) in [6.07, 6.45) is 5.66. The lowest BCUT2D eigenvalue weighted by molar-refractivity contribution is -0.119. The van der Waals surface area contributed by atoms with Crippen LogP contribution >= 0.6 is 0 Å². The number of rotatable bonds is 4. The first-order valence-corrected chi connectivity index (χ1v) is 11.9. The molecule has 0 radical (unpaired) electrons. The first-order chi connectivity index (χ1) is 16.0. The number of para-hydroxylation sites is 1. The first-order valence-electron chi connectivity index (χ1n) is 11.9. The van der Waals surface area contributed by atoms with Gasteiger partial charge in [0.1, 0.15) is 11.9 Å². The monoisotopic (exact) mass is 442 g/mol. The minimum atomic E-state index is -0.624. The van der Waals surface area contributed by atoms with Crippen molar-refractivity contribution in [2.45, 2.75) is 57.9 Å². The number of aromatic nitrogens is 2. The van der Waals surface area contributed by atoms with Crippen molar-refractivity contribution in [2.24, 2.45) is 5.92 Å². The van der Waals surface area contributed by atoms with E-state index in [1.54, 1.807) is 6.07 Å². The third kappa shape index (κ3) is 4.06. The van der Waals surface area contributed by atoms with E-state index in [4.69, 9.17) is 5.10 Å². The molecule has 170 valence electrons. The number of anilines is 1. The Morgan fingerprint density at radius 3 is 2.52 bits per heavy atom. The van der Waals surface area contributed by atoms with Gasteiger partial charge in [-0.25, -0.2) is 4.68 Å². The van der Waals surface area contributed by atoms with Crippen molar-refractivity contribution < 1.29 is 9.59 Å². The summed E-state index contributed by atoms with van der Waals surface area (Å²) < 4.78 is 1.83. The zero-order valence-electron chi connectivity index (χ0n) is 19.2. The molecule has 6 nitrogen and oxygen atoms in total. The van der Waals surface area contributed by atoms with Gasteiger partial charge in [0.15, 0.2) is 0 Å². The molecular weight excluding hydrogens is 412 g/mol. The Bertz CT molecular complexity index is 1180. The Morgan fingerprint density at radius 1 is 1.03 bits per heavy atom. The molecule has 2 amide bonds. The van der Waals surface area contributed by atoms with Gasteiger partial charge in [0.2, 0.25) is 5.91 Å². The molecule has 1 aliphatic heterocycles. The molecule has 33 heavy (non-hydrogen) atoms. The van der Waals surface area contributed by atoms with Crippen LogP contribution in [0.25, 0.3) is 5.69 Å². The third-order valence-electron chi connectivity index (χ3n) is 7.05. The number of aryl methyl sites for hydroxylation is 2. The number of fused-ring (bicyclic) bond motifs is 1. The number of nitrogens with zero attached hydrogens (tertiary/aromatic N) is 2. The van der Waals surface area contributed by atoms with Gasteiger partial charge < -0.3 is 10.6 Å². The highest BCUT2D eigenvalue weighted by molar-refractivity contribution is 6.03. The number of hydrogen-bond donors (Lipinski definition) is 2. The lowest BCUT2D eigenvalue weighted by atomic mass is 9.71. The quantitative estimate of drug-likeness (QED) is 0.603. The highest BCUT2D eigenvalue weighted by Gasteiger charge is 2.44. The maximum absolute atomic E-state index is 13.5. The molecule has 0 saturated heterocycles. The molecule has 1 saturated carbocycles. The van der Waals surface area contributed by atoms with E-state index in [2.05, 4.69) is 10.6 Å². The van der Waals surface area contributed by atoms with Crippen molar-refractivity contribution in [3.05, 3.63) is 77.0 Å². The zero-order valence-corrected chi connectivity index (χ0v) is 19.2. The standard InChI is InChI=1S/C27H30N4O2/c1-17-10-9-13-20(16-17)26(32)28-24-23(19-11-5-3-6-12-19)22-18(2)30-31(25(22)29-27(24)33)21-14-7-4-8-15-21/h4,7-10,13-16,19,23-24H,3,5-6,11-12H2,1-2H3,(H,28,32)(H,29,33)/t23?,24-/m0/s1. The minimum Gasteiger partial charge on any atom is -0.340 e. The molecule has 0 spiro atoms. The summed E-state index contributed by atoms with van der Waals surface area (Å²) in [7, 11) is 0. The van der Waals surface area contributed by atoms with Crippen molar-refractivity contribution >= 4 is 17.6 Å². The van der Waals surface area contributed by atoms with Crippen molar-refractivity contribution in [3.63, 3.8) is 0 Å². The van der Waals surface area contributed by atoms with Crippen LogP contribution in [0.3, 0.4) is 0 Å². The normalized spacial score (nSPS) is 20.7. The van der Waals surface area contributed by atoms with Crippen molar-refractivity contribution in [1.82, 2.24) is 15.1 Å². The lowest BCUT2D eigenvalue weighted by Gasteiger charge is -2.39. The fourth-order valence-electron chi connectivity index (χ4n) is 5.51. The number of carbonyl (C=O) groups excluding carboxylic acids is 2. The molecule has 2 atom stereocenters. The van der Waals surface area contributed by atoms with Gasteiger partial charge >= 0.3 is 0 Å². The van der Waals surface area contributed by atoms with Gasteiger partial charge in [-0.2, -0.15) is 5.10 Å². The number of amides is 2. The largest absolute Gasteiger partial charge is 0.340 e. The van der Waals surface area contributed by atoms with Crippen LogP contribution in [0.15, 0.2) is 54.6 Å². The molecule has 0 bridgehead atoms. The average molecular weight is 443 g/mol. The summed E-state index contributed by atoms with van der Waals surface area (Å²) in [6.45, 7) is 3.97. The SMILES string of the molecule is Cc1cccc(C(=O)N[C@@H]2C(=O)Nc3c(c(C)nn3-c3ccccc3)C2C2CCCCC2)c1. The van der Waals surface area contributed by atoms with Crippen LogP contribution in [0, 0.1) is 19.8 Å². The molecule has 1 aliphatic carbocycles. The average Bonchev–Trinajstić information content (AvgIpc) is 3.16. The van der Waals surface area contributed by atoms with E-state index < -0.39 is 6.04 Å². The van der Waals surface area contributed by atoms with Crippen molar-refractivity contribution in [2.75, 3.05) is 5.32 Å². The third-order valence-corrected chi connectivity index (χ3v) is 7.05. The van der Waals surface area contributed by atoms with E-state index in [0.717, 1.165) is 54.0 Å². The summed E-state index contributed by atoms with van der Waals surface area (Å²) in [5.74, 6) is 0.589. The fraction of sp³-hybridized carbons (Fsp3) is 0.370. The number of carbonyl (C=O) groups is 2. The second-order valence-corrected chi connectivity index (χ2v) is 9.33. The second-order valence-electron chi connectivity index (χ2n) is 9.33. The van der Waals surface area contributed by atoms with Crippen LogP contribution in [-0.2, 0) is 4.79 Å². The topological polar surface area (TPSA) is 76.0 Å². The smallest absolute Gasteiger partial charge is 0.251 e. The Hall–Kier alpha value is -3.41. The fourth-order valence-corrected chi connectivity index (χ4v) is 5.51. The number of hydrogen-bond acceptors (Lipinski definition) is 3. The van der Waals surface area contributed by atoms with E-state index in [-0.39, 0.29) is 17.7 Å². The van der Waals surface area contributed by atoms with Gasteiger partial charge in [0.05, 0.1) is 11.4 Å². The zero-order chi connectivity index (χ0) is 22.9. The summed E-state index contributed by atoms with van der Waals surface area (Å²) in [5, 5.41) is 11.0. The summed E-state index contributed by atoms with van der Waals surface area (Å²) >= 11 is 0. The van der Waals surface area contributed by atoms with Gasteiger partial charge in [-0.1, -0.05) is 55.2 Å². The first kappa shape index (κ1) is 21.4. The van der Waals surface area contributed by atoms with Gasteiger partial charge in [-0.3, -0.25) is 9.59 Å². The van der Waals surface area contributed by atoms with E-state index in [1.165, 1.54) is 6.42 Å². The minimum absolute atomic E-state index is 0.0970. The number of benzene rings is 2. The van der Waals surface area contributed by atoms with Gasteiger partial charge in [-0.15, -0.1) is 0 Å². The number of nitrogens with one attached hydrogen (secondary N) is 2. The van der Waals surface area contributed by atoms with Crippen LogP contribution in [0.2, 0.25) is 0 Å². The molecule has 2 heterocycles. The molecular formula is C27H30N4O2. The van der Waals surface area contributed by atoms with Gasteiger partial charge in [-0.05, 0) is 56.9 Å². The van der Waals surface area contributed by atoms with Crippen molar-refractivity contribution in [3.8, 4) is 5.69 Å². The Kier molecular flexibility index (Phi) is 5.75. The Morgan fingerprint density at radius 2 is 1.79 bits per heavy atom. The summed E-state index contributed by atoms with van der Waals surface area (Å²) in [4.78, 5) is 26.6. The molecule has 1 fully saturated rings. The molecule has 1 aromatic heterocycles. The van der Waals surface area contributed by atoms with E-state index >= 15 is 0 Å². The maximum Gasteiger partial charge on any atom is 0.251 e. The van der Waals surface area contributed by atoms with Crippen LogP contribution in [-0.4, -0.2) is 27.6 Å². The predicted molar refractivity (Wildman–Crippen MR) is 129 cm³/mol. The molecule has 1 unspecified atom stereocenters. The van der Waals surface area contributed by atoms with Gasteiger partial charge in [0, 0.05) is 17.0 Å². The Balaban J connectivity index is 1.56. The van der Waals surface area contributed by atoms with Crippen LogP contribution in [0.1, 0.15) is 65.2 Å². The predicted octanol–water partition coefficient (Wildman–Crippen LogP) is 4.90. The molecule has 3 aromatic rings. The molecule has 5 rings (SSSR count). The van der Waals surface area contributed by atoms with E-state index in [9.17, 15) is 9.59 Å². The molecule has 2 aliphatic rings. The molecule has 2 aromatic carbocycles. The van der Waals surface area contributed by atoms with Crippen LogP contribution in [0.5, 0.6) is 0 Å². The highest BCUT2D eigenvalue weighted by Crippen LogP contribution is 2.45. The molecule has 2 N–H and O–H groups in total. The summed E-state index contributed by atoms with van der Waals surface area (Å²) in [6, 6.07) is 16.7. The van der Waals surface area contributed by atoms with Crippen LogP contribution < -0.4 is 10.6 Å². The summed E-state index contributed by atoms with van der Waals surface area (Å²) in [5.41, 5.74) is 4.46. The van der Waals surface area contributed by atoms with Gasteiger partial charge in [0.25, 0.3) is 5.91 Å². The van der Waals surface area contributed by atoms with E-state index in [0.29, 0.717) is 11.5 Å². The molecule has 6 heteroatoms. The lowest BCUT2D eigenvalue weighted by Crippen LogP contribution is -2.52.